The molecule has 0 radical (unpaired) electrons. The molecule has 1 amide bonds. The van der Waals surface area contributed by atoms with Gasteiger partial charge in [-0.3, -0.25) is 4.79 Å². The lowest BCUT2D eigenvalue weighted by molar-refractivity contribution is 0.0947. The molecule has 32 heavy (non-hydrogen) atoms. The number of amides is 1. The number of hydrogen-bond donors (Lipinski definition) is 5. The first-order valence-corrected chi connectivity index (χ1v) is 11.5. The van der Waals surface area contributed by atoms with Gasteiger partial charge in [0.15, 0.2) is 0 Å². The van der Waals surface area contributed by atoms with E-state index in [9.17, 15) is 9.90 Å². The molecule has 0 spiro atoms. The van der Waals surface area contributed by atoms with Crippen LogP contribution in [0, 0.1) is 0 Å². The smallest absolute Gasteiger partial charge is 0.253 e. The summed E-state index contributed by atoms with van der Waals surface area (Å²) in [6, 6.07) is 12.8. The zero-order chi connectivity index (χ0) is 21.9. The fourth-order valence-corrected chi connectivity index (χ4v) is 4.78. The first-order chi connectivity index (χ1) is 15.7. The highest BCUT2D eigenvalue weighted by Gasteiger charge is 2.26. The highest BCUT2D eigenvalue weighted by Crippen LogP contribution is 2.32. The Hall–Kier alpha value is -2.81. The van der Waals surface area contributed by atoms with Gasteiger partial charge in [0.25, 0.3) is 5.91 Å². The van der Waals surface area contributed by atoms with Crippen LogP contribution >= 0.6 is 0 Å². The first-order valence-electron chi connectivity index (χ1n) is 11.5. The number of hydrogen-bond acceptors (Lipinski definition) is 7. The Bertz CT molecular complexity index is 959. The second-order valence-corrected chi connectivity index (χ2v) is 8.70. The van der Waals surface area contributed by atoms with Crippen LogP contribution in [0.3, 0.4) is 0 Å². The Labute approximate surface area is 188 Å². The van der Waals surface area contributed by atoms with Crippen LogP contribution in [0.25, 0.3) is 0 Å². The summed E-state index contributed by atoms with van der Waals surface area (Å²) in [6.07, 6.45) is 1.68. The minimum atomic E-state index is -0.0342. The lowest BCUT2D eigenvalue weighted by Gasteiger charge is -2.29. The number of fused-ring (bicyclic) bond motifs is 1. The van der Waals surface area contributed by atoms with Crippen molar-refractivity contribution >= 4 is 28.7 Å². The van der Waals surface area contributed by atoms with E-state index in [1.165, 1.54) is 5.69 Å². The van der Waals surface area contributed by atoms with Crippen molar-refractivity contribution in [2.24, 2.45) is 0 Å². The molecule has 0 saturated carbocycles. The van der Waals surface area contributed by atoms with Crippen molar-refractivity contribution in [2.45, 2.75) is 24.9 Å². The predicted octanol–water partition coefficient (Wildman–Crippen LogP) is 1.69. The van der Waals surface area contributed by atoms with E-state index in [2.05, 4.69) is 56.5 Å². The van der Waals surface area contributed by atoms with Crippen molar-refractivity contribution in [1.29, 1.82) is 0 Å². The van der Waals surface area contributed by atoms with Gasteiger partial charge in [0.1, 0.15) is 0 Å². The quantitative estimate of drug-likeness (QED) is 0.469. The van der Waals surface area contributed by atoms with Gasteiger partial charge >= 0.3 is 0 Å². The van der Waals surface area contributed by atoms with Crippen LogP contribution in [0.5, 0.6) is 0 Å². The number of aliphatic hydroxyl groups is 1. The summed E-state index contributed by atoms with van der Waals surface area (Å²) < 4.78 is 5.44. The van der Waals surface area contributed by atoms with E-state index in [1.54, 1.807) is 0 Å². The molecule has 3 aliphatic heterocycles. The van der Waals surface area contributed by atoms with Gasteiger partial charge in [-0.05, 0) is 54.8 Å². The van der Waals surface area contributed by atoms with Gasteiger partial charge in [-0.1, -0.05) is 0 Å². The summed E-state index contributed by atoms with van der Waals surface area (Å²) in [5, 5.41) is 22.8. The third-order valence-electron chi connectivity index (χ3n) is 6.46. The van der Waals surface area contributed by atoms with Crippen LogP contribution in [0.15, 0.2) is 36.4 Å². The number of carbonyl (C=O) groups excluding carboxylic acids is 1. The van der Waals surface area contributed by atoms with Crippen LogP contribution in [-0.2, 0) is 11.2 Å². The van der Waals surface area contributed by atoms with Gasteiger partial charge < -0.3 is 36.0 Å². The molecule has 2 aromatic carbocycles. The number of nitrogens with zero attached hydrogens (tertiary/aromatic N) is 1. The Balaban J connectivity index is 1.37. The molecule has 8 heteroatoms. The number of aliphatic hydroxyl groups excluding tert-OH is 1. The summed E-state index contributed by atoms with van der Waals surface area (Å²) in [4.78, 5) is 15.0. The van der Waals surface area contributed by atoms with E-state index in [4.69, 9.17) is 4.74 Å². The Morgan fingerprint density at radius 3 is 2.69 bits per heavy atom. The normalized spacial score (nSPS) is 22.9. The molecule has 2 atom stereocenters. The number of anilines is 4. The fraction of sp³-hybridized carbons (Fsp3) is 0.458. The molecular formula is C24H31N5O3. The molecule has 8 nitrogen and oxygen atoms in total. The largest absolute Gasteiger partial charge is 0.395 e. The zero-order valence-electron chi connectivity index (χ0n) is 18.2. The summed E-state index contributed by atoms with van der Waals surface area (Å²) in [5.41, 5.74) is 5.71. The van der Waals surface area contributed by atoms with Crippen molar-refractivity contribution in [3.63, 3.8) is 0 Å². The number of ether oxygens (including phenoxy) is 1. The number of nitrogens with one attached hydrogen (secondary N) is 4. The maximum absolute atomic E-state index is 12.7. The highest BCUT2D eigenvalue weighted by molar-refractivity contribution is 6.03. The average Bonchev–Trinajstić information content (AvgIpc) is 3.27. The second-order valence-electron chi connectivity index (χ2n) is 8.70. The van der Waals surface area contributed by atoms with Gasteiger partial charge in [-0.2, -0.15) is 0 Å². The highest BCUT2D eigenvalue weighted by atomic mass is 16.5. The monoisotopic (exact) mass is 437 g/mol. The predicted molar refractivity (Wildman–Crippen MR) is 126 cm³/mol. The molecule has 3 heterocycles. The average molecular weight is 438 g/mol. The topological polar surface area (TPSA) is 97.9 Å². The van der Waals surface area contributed by atoms with E-state index in [-0.39, 0.29) is 24.6 Å². The van der Waals surface area contributed by atoms with Crippen LogP contribution in [0.1, 0.15) is 22.3 Å². The molecule has 2 fully saturated rings. The third kappa shape index (κ3) is 4.53. The SMILES string of the molecule is O=C1NCCc2cc(N[C@H]3CN[C@@H](CO)C3)cc(Nc3ccc(N4CCOCC4)cc3)c21. The number of morpholine rings is 1. The standard InChI is InChI=1S/C24H31N5O3/c30-15-20-12-19(14-26-20)27-18-11-16-5-6-25-24(31)23(16)22(13-18)28-17-1-3-21(4-2-17)29-7-9-32-10-8-29/h1-4,11,13,19-20,26-28,30H,5-10,12,14-15H2,(H,25,31)/t19-,20-/m1/s1. The molecule has 0 aromatic heterocycles. The van der Waals surface area contributed by atoms with Gasteiger partial charge in [0.05, 0.1) is 31.1 Å². The number of rotatable bonds is 6. The summed E-state index contributed by atoms with van der Waals surface area (Å²) >= 11 is 0. The Morgan fingerprint density at radius 2 is 1.94 bits per heavy atom. The van der Waals surface area contributed by atoms with E-state index < -0.39 is 0 Å². The molecule has 3 aliphatic rings. The second kappa shape index (κ2) is 9.36. The molecule has 170 valence electrons. The van der Waals surface area contributed by atoms with E-state index in [1.807, 2.05) is 6.07 Å². The van der Waals surface area contributed by atoms with Crippen molar-refractivity contribution in [3.8, 4) is 0 Å². The zero-order valence-corrected chi connectivity index (χ0v) is 18.2. The van der Waals surface area contributed by atoms with Crippen molar-refractivity contribution in [3.05, 3.63) is 47.5 Å². The Morgan fingerprint density at radius 1 is 1.12 bits per heavy atom. The first kappa shape index (κ1) is 21.1. The summed E-state index contributed by atoms with van der Waals surface area (Å²) in [6.45, 7) is 4.95. The maximum atomic E-state index is 12.7. The van der Waals surface area contributed by atoms with Crippen LogP contribution in [-0.4, -0.2) is 69.1 Å². The maximum Gasteiger partial charge on any atom is 0.253 e. The van der Waals surface area contributed by atoms with Crippen LogP contribution < -0.4 is 26.2 Å². The molecule has 0 unspecified atom stereocenters. The van der Waals surface area contributed by atoms with Crippen LogP contribution in [0.4, 0.5) is 22.7 Å². The van der Waals surface area contributed by atoms with Crippen LogP contribution in [0.2, 0.25) is 0 Å². The van der Waals surface area contributed by atoms with E-state index in [0.717, 1.165) is 73.9 Å². The van der Waals surface area contributed by atoms with E-state index >= 15 is 0 Å². The molecule has 5 N–H and O–H groups in total. The fourth-order valence-electron chi connectivity index (χ4n) is 4.78. The molecule has 5 rings (SSSR count). The lowest BCUT2D eigenvalue weighted by atomic mass is 9.97. The molecule has 0 bridgehead atoms. The van der Waals surface area contributed by atoms with Gasteiger partial charge in [0, 0.05) is 55.3 Å². The molecular weight excluding hydrogens is 406 g/mol. The molecule has 0 aliphatic carbocycles. The summed E-state index contributed by atoms with van der Waals surface area (Å²) in [5.74, 6) is -0.0342. The van der Waals surface area contributed by atoms with Gasteiger partial charge in [0.2, 0.25) is 0 Å². The molecule has 2 saturated heterocycles. The van der Waals surface area contributed by atoms with Crippen molar-refractivity contribution < 1.29 is 14.6 Å². The van der Waals surface area contributed by atoms with Crippen molar-refractivity contribution in [1.82, 2.24) is 10.6 Å². The molecule has 2 aromatic rings. The van der Waals surface area contributed by atoms with Crippen molar-refractivity contribution in [2.75, 3.05) is 61.5 Å². The Kier molecular flexibility index (Phi) is 6.16. The minimum absolute atomic E-state index is 0.0342. The van der Waals surface area contributed by atoms with Gasteiger partial charge in [-0.15, -0.1) is 0 Å². The number of carbonyl (C=O) groups is 1. The lowest BCUT2D eigenvalue weighted by Crippen LogP contribution is -2.36. The third-order valence-corrected chi connectivity index (χ3v) is 6.46. The van der Waals surface area contributed by atoms with E-state index in [0.29, 0.717) is 6.54 Å². The van der Waals surface area contributed by atoms with Gasteiger partial charge in [-0.25, -0.2) is 0 Å². The summed E-state index contributed by atoms with van der Waals surface area (Å²) in [7, 11) is 0. The minimum Gasteiger partial charge on any atom is -0.395 e. The number of benzene rings is 2.